The predicted octanol–water partition coefficient (Wildman–Crippen LogP) is 4.61. The number of thiazole rings is 1. The number of thioether (sulfide) groups is 1. The molecule has 32 heavy (non-hydrogen) atoms. The maximum absolute atomic E-state index is 12.7. The molecule has 0 saturated heterocycles. The molecule has 170 valence electrons. The van der Waals surface area contributed by atoms with Gasteiger partial charge in [0.1, 0.15) is 11.5 Å². The minimum atomic E-state index is -0.489. The molecule has 0 saturated carbocycles. The number of benzene rings is 2. The molecule has 3 rings (SSSR count). The minimum Gasteiger partial charge on any atom is -0.497 e. The molecule has 0 radical (unpaired) electrons. The van der Waals surface area contributed by atoms with Gasteiger partial charge in [-0.25, -0.2) is 4.98 Å². The SMILES string of the molecule is CCOC(=O)C[C@@H](NC(=O)CSc1nc2ccc(OCC)cc2s1)c1ccc(OC)cc1. The van der Waals surface area contributed by atoms with E-state index in [2.05, 4.69) is 10.3 Å². The quantitative estimate of drug-likeness (QED) is 0.321. The van der Waals surface area contributed by atoms with Crippen LogP contribution in [0.5, 0.6) is 11.5 Å². The number of fused-ring (bicyclic) bond motifs is 1. The Kier molecular flexibility index (Phi) is 8.75. The van der Waals surface area contributed by atoms with Gasteiger partial charge in [0.15, 0.2) is 4.34 Å². The lowest BCUT2D eigenvalue weighted by Crippen LogP contribution is -2.31. The van der Waals surface area contributed by atoms with E-state index in [1.54, 1.807) is 26.2 Å². The molecule has 1 amide bonds. The number of rotatable bonds is 11. The molecule has 2 aromatic carbocycles. The Bertz CT molecular complexity index is 1050. The largest absolute Gasteiger partial charge is 0.497 e. The first kappa shape index (κ1) is 23.9. The summed E-state index contributed by atoms with van der Waals surface area (Å²) in [4.78, 5) is 29.3. The average molecular weight is 475 g/mol. The highest BCUT2D eigenvalue weighted by molar-refractivity contribution is 8.01. The fraction of sp³-hybridized carbons (Fsp3) is 0.348. The molecule has 0 aliphatic carbocycles. The number of amides is 1. The second kappa shape index (κ2) is 11.7. The Morgan fingerprint density at radius 1 is 1.09 bits per heavy atom. The summed E-state index contributed by atoms with van der Waals surface area (Å²) in [7, 11) is 1.59. The van der Waals surface area contributed by atoms with Crippen molar-refractivity contribution < 1.29 is 23.8 Å². The monoisotopic (exact) mass is 474 g/mol. The number of methoxy groups -OCH3 is 1. The van der Waals surface area contributed by atoms with Gasteiger partial charge in [-0.2, -0.15) is 0 Å². The van der Waals surface area contributed by atoms with Gasteiger partial charge in [0.2, 0.25) is 5.91 Å². The molecule has 9 heteroatoms. The van der Waals surface area contributed by atoms with Crippen molar-refractivity contribution in [3.05, 3.63) is 48.0 Å². The Labute approximate surface area is 195 Å². The predicted molar refractivity (Wildman–Crippen MR) is 127 cm³/mol. The topological polar surface area (TPSA) is 86.8 Å². The third kappa shape index (κ3) is 6.61. The van der Waals surface area contributed by atoms with Crippen LogP contribution in [0, 0.1) is 0 Å². The second-order valence-corrected chi connectivity index (χ2v) is 8.99. The molecule has 0 unspecified atom stereocenters. The fourth-order valence-electron chi connectivity index (χ4n) is 3.04. The molecule has 1 aromatic heterocycles. The number of nitrogens with one attached hydrogen (secondary N) is 1. The first-order chi connectivity index (χ1) is 15.5. The first-order valence-corrected chi connectivity index (χ1v) is 12.1. The van der Waals surface area contributed by atoms with Crippen LogP contribution in [0.15, 0.2) is 46.8 Å². The average Bonchev–Trinajstić information content (AvgIpc) is 3.20. The van der Waals surface area contributed by atoms with Crippen molar-refractivity contribution in [2.45, 2.75) is 30.6 Å². The molecule has 0 spiro atoms. The zero-order valence-corrected chi connectivity index (χ0v) is 19.9. The summed E-state index contributed by atoms with van der Waals surface area (Å²) in [6, 6.07) is 12.5. The lowest BCUT2D eigenvalue weighted by atomic mass is 10.0. The molecule has 0 bridgehead atoms. The van der Waals surface area contributed by atoms with Crippen molar-refractivity contribution in [1.82, 2.24) is 10.3 Å². The summed E-state index contributed by atoms with van der Waals surface area (Å²) in [5.41, 5.74) is 1.68. The Hall–Kier alpha value is -2.78. The zero-order valence-electron chi connectivity index (χ0n) is 18.3. The summed E-state index contributed by atoms with van der Waals surface area (Å²) in [6.07, 6.45) is 0.0535. The molecule has 0 aliphatic rings. The van der Waals surface area contributed by atoms with E-state index in [9.17, 15) is 9.59 Å². The van der Waals surface area contributed by atoms with Crippen LogP contribution >= 0.6 is 23.1 Å². The lowest BCUT2D eigenvalue weighted by molar-refractivity contribution is -0.143. The van der Waals surface area contributed by atoms with Crippen LogP contribution in [0.3, 0.4) is 0 Å². The van der Waals surface area contributed by atoms with Crippen molar-refractivity contribution in [2.75, 3.05) is 26.1 Å². The molecular formula is C23H26N2O5S2. The highest BCUT2D eigenvalue weighted by Crippen LogP contribution is 2.32. The van der Waals surface area contributed by atoms with Crippen LogP contribution < -0.4 is 14.8 Å². The van der Waals surface area contributed by atoms with Gasteiger partial charge < -0.3 is 19.5 Å². The smallest absolute Gasteiger partial charge is 0.308 e. The van der Waals surface area contributed by atoms with E-state index in [0.29, 0.717) is 19.0 Å². The van der Waals surface area contributed by atoms with Crippen LogP contribution in [-0.4, -0.2) is 42.9 Å². The lowest BCUT2D eigenvalue weighted by Gasteiger charge is -2.18. The first-order valence-electron chi connectivity index (χ1n) is 10.3. The van der Waals surface area contributed by atoms with E-state index in [0.717, 1.165) is 25.9 Å². The zero-order chi connectivity index (χ0) is 22.9. The number of carbonyl (C=O) groups excluding carboxylic acids is 2. The van der Waals surface area contributed by atoms with Gasteiger partial charge in [-0.05, 0) is 49.7 Å². The maximum atomic E-state index is 12.7. The van der Waals surface area contributed by atoms with Gasteiger partial charge >= 0.3 is 5.97 Å². The number of nitrogens with zero attached hydrogens (tertiary/aromatic N) is 1. The Balaban J connectivity index is 1.64. The highest BCUT2D eigenvalue weighted by Gasteiger charge is 2.20. The van der Waals surface area contributed by atoms with Crippen molar-refractivity contribution >= 4 is 45.2 Å². The highest BCUT2D eigenvalue weighted by atomic mass is 32.2. The molecular weight excluding hydrogens is 448 g/mol. The van der Waals surface area contributed by atoms with E-state index < -0.39 is 6.04 Å². The van der Waals surface area contributed by atoms with Gasteiger partial charge in [-0.15, -0.1) is 11.3 Å². The normalized spacial score (nSPS) is 11.7. The number of carbonyl (C=O) groups is 2. The minimum absolute atomic E-state index is 0.0535. The summed E-state index contributed by atoms with van der Waals surface area (Å²) in [6.45, 7) is 4.59. The summed E-state index contributed by atoms with van der Waals surface area (Å²) < 4.78 is 17.6. The van der Waals surface area contributed by atoms with E-state index in [-0.39, 0.29) is 24.1 Å². The molecule has 3 aromatic rings. The molecule has 1 atom stereocenters. The van der Waals surface area contributed by atoms with Crippen LogP contribution in [0.1, 0.15) is 31.9 Å². The third-order valence-electron chi connectivity index (χ3n) is 4.51. The molecule has 0 fully saturated rings. The third-order valence-corrected chi connectivity index (χ3v) is 6.67. The molecule has 7 nitrogen and oxygen atoms in total. The summed E-state index contributed by atoms with van der Waals surface area (Å²) in [5.74, 6) is 1.15. The van der Waals surface area contributed by atoms with Crippen LogP contribution in [-0.2, 0) is 14.3 Å². The van der Waals surface area contributed by atoms with Gasteiger partial charge in [0.05, 0.1) is 48.8 Å². The van der Waals surface area contributed by atoms with Crippen molar-refractivity contribution in [2.24, 2.45) is 0 Å². The Morgan fingerprint density at radius 3 is 2.53 bits per heavy atom. The number of aromatic nitrogens is 1. The second-order valence-electron chi connectivity index (χ2n) is 6.73. The summed E-state index contributed by atoms with van der Waals surface area (Å²) in [5, 5.41) is 2.95. The van der Waals surface area contributed by atoms with E-state index in [1.807, 2.05) is 37.3 Å². The number of ether oxygens (including phenoxy) is 3. The molecule has 1 heterocycles. The van der Waals surface area contributed by atoms with E-state index in [4.69, 9.17) is 14.2 Å². The van der Waals surface area contributed by atoms with Gasteiger partial charge in [-0.1, -0.05) is 23.9 Å². The van der Waals surface area contributed by atoms with E-state index in [1.165, 1.54) is 23.1 Å². The Morgan fingerprint density at radius 2 is 1.84 bits per heavy atom. The van der Waals surface area contributed by atoms with Gasteiger partial charge in [0, 0.05) is 0 Å². The standard InChI is InChI=1S/C23H26N2O5S2/c1-4-29-17-10-11-18-20(12-17)32-23(25-18)31-14-21(26)24-19(13-22(27)30-5-2)15-6-8-16(28-3)9-7-15/h6-12,19H,4-5,13-14H2,1-3H3,(H,24,26)/t19-/m1/s1. The van der Waals surface area contributed by atoms with Gasteiger partial charge in [-0.3, -0.25) is 9.59 Å². The molecule has 0 aliphatic heterocycles. The van der Waals surface area contributed by atoms with E-state index >= 15 is 0 Å². The van der Waals surface area contributed by atoms with Crippen molar-refractivity contribution in [3.63, 3.8) is 0 Å². The van der Waals surface area contributed by atoms with Gasteiger partial charge in [0.25, 0.3) is 0 Å². The summed E-state index contributed by atoms with van der Waals surface area (Å²) >= 11 is 2.88. The van der Waals surface area contributed by atoms with Crippen LogP contribution in [0.25, 0.3) is 10.2 Å². The molecule has 1 N–H and O–H groups in total. The number of hydrogen-bond donors (Lipinski definition) is 1. The van der Waals surface area contributed by atoms with Crippen LogP contribution in [0.2, 0.25) is 0 Å². The van der Waals surface area contributed by atoms with Crippen molar-refractivity contribution in [1.29, 1.82) is 0 Å². The maximum Gasteiger partial charge on any atom is 0.308 e. The number of esters is 1. The fourth-order valence-corrected chi connectivity index (χ4v) is 4.95. The number of hydrogen-bond acceptors (Lipinski definition) is 8. The van der Waals surface area contributed by atoms with Crippen LogP contribution in [0.4, 0.5) is 0 Å². The van der Waals surface area contributed by atoms with Crippen molar-refractivity contribution in [3.8, 4) is 11.5 Å².